The lowest BCUT2D eigenvalue weighted by atomic mass is 10.1. The van der Waals surface area contributed by atoms with Gasteiger partial charge in [0.05, 0.1) is 12.5 Å². The van der Waals surface area contributed by atoms with Gasteiger partial charge < -0.3 is 4.74 Å². The predicted octanol–water partition coefficient (Wildman–Crippen LogP) is 3.31. The summed E-state index contributed by atoms with van der Waals surface area (Å²) < 4.78 is 6.28. The molecule has 2 nitrogen and oxygen atoms in total. The number of aryl methyl sites for hydroxylation is 1. The molecular weight excluding hydrogens is 242 g/mol. The first-order valence-corrected chi connectivity index (χ1v) is 5.11. The Morgan fingerprint density at radius 1 is 1.29 bits per heavy atom. The Hall–Kier alpha value is -1.09. The van der Waals surface area contributed by atoms with Gasteiger partial charge in [0.15, 0.2) is 0 Å². The smallest absolute Gasteiger partial charge is 0.222 e. The zero-order valence-electron chi connectivity index (χ0n) is 8.04. The number of ether oxygens (including phenoxy) is 1. The van der Waals surface area contributed by atoms with E-state index < -0.39 is 0 Å². The lowest BCUT2D eigenvalue weighted by Crippen LogP contribution is -1.90. The Labute approximate surface area is 91.0 Å². The molecule has 2 rings (SSSR count). The molecule has 0 radical (unpaired) electrons. The number of hydrogen-bond acceptors (Lipinski definition) is 2. The van der Waals surface area contributed by atoms with Crippen molar-refractivity contribution in [1.82, 2.24) is 4.98 Å². The van der Waals surface area contributed by atoms with E-state index in [4.69, 9.17) is 4.74 Å². The summed E-state index contributed by atoms with van der Waals surface area (Å²) in [5.74, 6) is 0.665. The molecule has 0 saturated carbocycles. The molecule has 0 unspecified atom stereocenters. The van der Waals surface area contributed by atoms with E-state index in [1.54, 1.807) is 13.3 Å². The maximum atomic E-state index is 5.22. The van der Waals surface area contributed by atoms with Gasteiger partial charge in [-0.25, -0.2) is 4.98 Å². The summed E-state index contributed by atoms with van der Waals surface area (Å²) in [4.78, 5) is 4.18. The normalized spacial score (nSPS) is 10.5. The first kappa shape index (κ1) is 9.46. The van der Waals surface area contributed by atoms with E-state index in [2.05, 4.69) is 40.0 Å². The van der Waals surface area contributed by atoms with Crippen LogP contribution in [-0.4, -0.2) is 12.1 Å². The van der Waals surface area contributed by atoms with Gasteiger partial charge in [-0.2, -0.15) is 0 Å². The highest BCUT2D eigenvalue weighted by Crippen LogP contribution is 2.32. The SMILES string of the molecule is COc1nccc2ccc(C)c(Br)c12. The first-order chi connectivity index (χ1) is 6.74. The molecule has 1 heterocycles. The van der Waals surface area contributed by atoms with Crippen LogP contribution in [0.15, 0.2) is 28.9 Å². The standard InChI is InChI=1S/C11H10BrNO/c1-7-3-4-8-5-6-13-11(14-2)9(8)10(7)12/h3-6H,1-2H3. The van der Waals surface area contributed by atoms with Crippen molar-refractivity contribution in [2.75, 3.05) is 7.11 Å². The molecule has 1 aromatic carbocycles. The van der Waals surface area contributed by atoms with Gasteiger partial charge in [0.1, 0.15) is 0 Å². The fraction of sp³-hybridized carbons (Fsp3) is 0.182. The molecule has 3 heteroatoms. The van der Waals surface area contributed by atoms with Crippen LogP contribution in [0.25, 0.3) is 10.8 Å². The minimum absolute atomic E-state index is 0.665. The lowest BCUT2D eigenvalue weighted by molar-refractivity contribution is 0.403. The molecule has 0 fully saturated rings. The average Bonchev–Trinajstić information content (AvgIpc) is 2.23. The van der Waals surface area contributed by atoms with Crippen molar-refractivity contribution >= 4 is 26.7 Å². The number of halogens is 1. The number of hydrogen-bond donors (Lipinski definition) is 0. The molecule has 0 amide bonds. The zero-order valence-corrected chi connectivity index (χ0v) is 9.63. The first-order valence-electron chi connectivity index (χ1n) is 4.32. The van der Waals surface area contributed by atoms with Crippen molar-refractivity contribution in [3.8, 4) is 5.88 Å². The Kier molecular flexibility index (Phi) is 2.42. The van der Waals surface area contributed by atoms with Crippen LogP contribution in [-0.2, 0) is 0 Å². The van der Waals surface area contributed by atoms with E-state index in [1.807, 2.05) is 6.07 Å². The molecule has 0 aliphatic rings. The van der Waals surface area contributed by atoms with Crippen LogP contribution in [0.5, 0.6) is 5.88 Å². The van der Waals surface area contributed by atoms with Crippen LogP contribution >= 0.6 is 15.9 Å². The monoisotopic (exact) mass is 251 g/mol. The van der Waals surface area contributed by atoms with E-state index >= 15 is 0 Å². The van der Waals surface area contributed by atoms with Crippen LogP contribution in [0.3, 0.4) is 0 Å². The van der Waals surface area contributed by atoms with Crippen molar-refractivity contribution in [2.24, 2.45) is 0 Å². The number of nitrogens with zero attached hydrogens (tertiary/aromatic N) is 1. The fourth-order valence-corrected chi connectivity index (χ4v) is 1.99. The Bertz CT molecular complexity index is 482. The number of aromatic nitrogens is 1. The maximum absolute atomic E-state index is 5.22. The lowest BCUT2D eigenvalue weighted by Gasteiger charge is -2.07. The second kappa shape index (κ2) is 3.58. The highest BCUT2D eigenvalue weighted by atomic mass is 79.9. The molecule has 0 aliphatic carbocycles. The summed E-state index contributed by atoms with van der Waals surface area (Å²) >= 11 is 3.55. The highest BCUT2D eigenvalue weighted by molar-refractivity contribution is 9.10. The molecule has 14 heavy (non-hydrogen) atoms. The van der Waals surface area contributed by atoms with Gasteiger partial charge in [-0.15, -0.1) is 0 Å². The summed E-state index contributed by atoms with van der Waals surface area (Å²) in [6.45, 7) is 2.05. The van der Waals surface area contributed by atoms with E-state index in [9.17, 15) is 0 Å². The molecule has 1 aromatic heterocycles. The molecule has 0 N–H and O–H groups in total. The van der Waals surface area contributed by atoms with E-state index in [1.165, 1.54) is 5.56 Å². The van der Waals surface area contributed by atoms with Gasteiger partial charge in [0.2, 0.25) is 5.88 Å². The van der Waals surface area contributed by atoms with Gasteiger partial charge in [0.25, 0.3) is 0 Å². The third kappa shape index (κ3) is 1.38. The number of rotatable bonds is 1. The van der Waals surface area contributed by atoms with Gasteiger partial charge in [-0.05, 0) is 39.9 Å². The number of methoxy groups -OCH3 is 1. The van der Waals surface area contributed by atoms with Crippen molar-refractivity contribution in [3.63, 3.8) is 0 Å². The summed E-state index contributed by atoms with van der Waals surface area (Å²) in [5.41, 5.74) is 1.18. The maximum Gasteiger partial charge on any atom is 0.222 e. The van der Waals surface area contributed by atoms with Crippen LogP contribution in [0.1, 0.15) is 5.56 Å². The van der Waals surface area contributed by atoms with Crippen molar-refractivity contribution in [3.05, 3.63) is 34.4 Å². The molecular formula is C11H10BrNO. The Morgan fingerprint density at radius 2 is 2.07 bits per heavy atom. The van der Waals surface area contributed by atoms with E-state index in [0.717, 1.165) is 15.2 Å². The third-order valence-electron chi connectivity index (χ3n) is 2.22. The predicted molar refractivity (Wildman–Crippen MR) is 60.7 cm³/mol. The van der Waals surface area contributed by atoms with Gasteiger partial charge in [-0.1, -0.05) is 12.1 Å². The van der Waals surface area contributed by atoms with Crippen molar-refractivity contribution in [2.45, 2.75) is 6.92 Å². The largest absolute Gasteiger partial charge is 0.481 e. The fourth-order valence-electron chi connectivity index (χ4n) is 1.46. The number of fused-ring (bicyclic) bond motifs is 1. The van der Waals surface area contributed by atoms with Crippen LogP contribution in [0.4, 0.5) is 0 Å². The zero-order chi connectivity index (χ0) is 10.1. The summed E-state index contributed by atoms with van der Waals surface area (Å²) in [7, 11) is 1.64. The second-order valence-corrected chi connectivity index (χ2v) is 3.91. The summed E-state index contributed by atoms with van der Waals surface area (Å²) in [6, 6.07) is 6.12. The van der Waals surface area contributed by atoms with Crippen LogP contribution in [0.2, 0.25) is 0 Å². The van der Waals surface area contributed by atoms with Crippen molar-refractivity contribution < 1.29 is 4.74 Å². The molecule has 0 aliphatic heterocycles. The summed E-state index contributed by atoms with van der Waals surface area (Å²) in [6.07, 6.45) is 1.75. The quantitative estimate of drug-likeness (QED) is 0.776. The second-order valence-electron chi connectivity index (χ2n) is 3.11. The summed E-state index contributed by atoms with van der Waals surface area (Å²) in [5, 5.41) is 2.17. The minimum Gasteiger partial charge on any atom is -0.481 e. The molecule has 0 atom stereocenters. The van der Waals surface area contributed by atoms with E-state index in [-0.39, 0.29) is 0 Å². The van der Waals surface area contributed by atoms with Crippen molar-refractivity contribution in [1.29, 1.82) is 0 Å². The van der Waals surface area contributed by atoms with E-state index in [0.29, 0.717) is 5.88 Å². The number of pyridine rings is 1. The molecule has 0 saturated heterocycles. The Balaban J connectivity index is 2.89. The van der Waals surface area contributed by atoms with Gasteiger partial charge in [-0.3, -0.25) is 0 Å². The highest BCUT2D eigenvalue weighted by Gasteiger charge is 2.07. The third-order valence-corrected chi connectivity index (χ3v) is 3.24. The molecule has 0 bridgehead atoms. The molecule has 72 valence electrons. The number of benzene rings is 1. The Morgan fingerprint density at radius 3 is 2.79 bits per heavy atom. The molecule has 0 spiro atoms. The van der Waals surface area contributed by atoms with Gasteiger partial charge >= 0.3 is 0 Å². The average molecular weight is 252 g/mol. The van der Waals surface area contributed by atoms with Crippen LogP contribution in [0, 0.1) is 6.92 Å². The minimum atomic E-state index is 0.665. The topological polar surface area (TPSA) is 22.1 Å². The molecule has 2 aromatic rings. The van der Waals surface area contributed by atoms with Gasteiger partial charge in [0, 0.05) is 10.7 Å². The van der Waals surface area contributed by atoms with Crippen LogP contribution < -0.4 is 4.74 Å².